The molecular weight excluding hydrogens is 252 g/mol. The van der Waals surface area contributed by atoms with Crippen LogP contribution in [0.4, 0.5) is 26.3 Å². The second-order valence-electron chi connectivity index (χ2n) is 3.61. The van der Waals surface area contributed by atoms with Crippen LogP contribution in [0.2, 0.25) is 0 Å². The fourth-order valence-corrected chi connectivity index (χ4v) is 1.69. The number of hydrogen-bond acceptors (Lipinski definition) is 2. The molecule has 98 valence electrons. The summed E-state index contributed by atoms with van der Waals surface area (Å²) in [6.07, 6.45) is -10.8. The van der Waals surface area contributed by atoms with Crippen molar-refractivity contribution in [2.45, 2.75) is 31.3 Å². The molecule has 0 saturated carbocycles. The standard InChI is InChI=1S/C9H9F6NO/c1-3-4(6(16-2)9(13,14)15)7(17)8(11,12)5(3)10/h5,7,17H,1-2H3/t5-,7+/m1/s1. The molecule has 0 aromatic heterocycles. The van der Waals surface area contributed by atoms with Crippen molar-refractivity contribution < 1.29 is 31.4 Å². The van der Waals surface area contributed by atoms with E-state index in [1.165, 1.54) is 0 Å². The molecule has 0 radical (unpaired) electrons. The van der Waals surface area contributed by atoms with Crippen molar-refractivity contribution in [3.63, 3.8) is 0 Å². The molecule has 17 heavy (non-hydrogen) atoms. The third-order valence-corrected chi connectivity index (χ3v) is 2.53. The molecule has 2 atom stereocenters. The first-order chi connectivity index (χ1) is 7.55. The summed E-state index contributed by atoms with van der Waals surface area (Å²) in [5.41, 5.74) is -3.71. The fraction of sp³-hybridized carbons (Fsp3) is 0.667. The minimum Gasteiger partial charge on any atom is -0.382 e. The average Bonchev–Trinajstić information content (AvgIpc) is 2.32. The molecule has 1 aliphatic carbocycles. The maximum Gasteiger partial charge on any atom is 0.433 e. The topological polar surface area (TPSA) is 32.6 Å². The van der Waals surface area contributed by atoms with Crippen molar-refractivity contribution in [1.29, 1.82) is 0 Å². The SMILES string of the molecule is CN=C(C1=C(C)[C@@H](F)C(F)(F)[C@H]1O)C(F)(F)F. The smallest absolute Gasteiger partial charge is 0.382 e. The van der Waals surface area contributed by atoms with Crippen molar-refractivity contribution in [2.24, 2.45) is 4.99 Å². The van der Waals surface area contributed by atoms with E-state index in [4.69, 9.17) is 5.11 Å². The van der Waals surface area contributed by atoms with E-state index in [0.717, 1.165) is 14.0 Å². The van der Waals surface area contributed by atoms with Crippen molar-refractivity contribution >= 4 is 5.71 Å². The van der Waals surface area contributed by atoms with Crippen LogP contribution in [-0.2, 0) is 0 Å². The summed E-state index contributed by atoms with van der Waals surface area (Å²) >= 11 is 0. The summed E-state index contributed by atoms with van der Waals surface area (Å²) in [6.45, 7) is 0.779. The first-order valence-electron chi connectivity index (χ1n) is 4.50. The van der Waals surface area contributed by atoms with Crippen LogP contribution in [-0.4, -0.2) is 42.2 Å². The van der Waals surface area contributed by atoms with Crippen LogP contribution in [0.25, 0.3) is 0 Å². The molecule has 1 aliphatic rings. The molecule has 0 heterocycles. The van der Waals surface area contributed by atoms with Gasteiger partial charge in [-0.2, -0.15) is 22.0 Å². The van der Waals surface area contributed by atoms with Crippen LogP contribution >= 0.6 is 0 Å². The number of nitrogens with zero attached hydrogens (tertiary/aromatic N) is 1. The quantitative estimate of drug-likeness (QED) is 0.570. The predicted molar refractivity (Wildman–Crippen MR) is 48.0 cm³/mol. The molecular formula is C9H9F6NO. The minimum atomic E-state index is -5.02. The van der Waals surface area contributed by atoms with Crippen LogP contribution in [0.15, 0.2) is 16.1 Å². The van der Waals surface area contributed by atoms with E-state index >= 15 is 0 Å². The highest BCUT2D eigenvalue weighted by molar-refractivity contribution is 6.06. The Morgan fingerprint density at radius 1 is 1.35 bits per heavy atom. The lowest BCUT2D eigenvalue weighted by Crippen LogP contribution is -2.40. The Hall–Kier alpha value is -1.05. The number of aliphatic hydroxyl groups excluding tert-OH is 1. The lowest BCUT2D eigenvalue weighted by Gasteiger charge is -2.19. The number of aliphatic imine (C=N–C) groups is 1. The van der Waals surface area contributed by atoms with E-state index < -0.39 is 41.2 Å². The zero-order valence-electron chi connectivity index (χ0n) is 8.82. The third-order valence-electron chi connectivity index (χ3n) is 2.53. The first-order valence-corrected chi connectivity index (χ1v) is 4.50. The van der Waals surface area contributed by atoms with Crippen LogP contribution in [0.5, 0.6) is 0 Å². The highest BCUT2D eigenvalue weighted by Crippen LogP contribution is 2.44. The van der Waals surface area contributed by atoms with E-state index in [0.29, 0.717) is 0 Å². The lowest BCUT2D eigenvalue weighted by atomic mass is 10.0. The van der Waals surface area contributed by atoms with Gasteiger partial charge in [0.1, 0.15) is 11.8 Å². The number of hydrogen-bond donors (Lipinski definition) is 1. The number of rotatable bonds is 1. The monoisotopic (exact) mass is 261 g/mol. The van der Waals surface area contributed by atoms with Gasteiger partial charge in [-0.3, -0.25) is 4.99 Å². The summed E-state index contributed by atoms with van der Waals surface area (Å²) in [6, 6.07) is 0. The third kappa shape index (κ3) is 2.05. The molecule has 0 saturated heterocycles. The second-order valence-corrected chi connectivity index (χ2v) is 3.61. The number of alkyl halides is 6. The molecule has 2 nitrogen and oxygen atoms in total. The van der Waals surface area contributed by atoms with Crippen LogP contribution in [0.3, 0.4) is 0 Å². The van der Waals surface area contributed by atoms with Gasteiger partial charge < -0.3 is 5.11 Å². The molecule has 0 amide bonds. The van der Waals surface area contributed by atoms with Crippen molar-refractivity contribution in [2.75, 3.05) is 7.05 Å². The zero-order valence-corrected chi connectivity index (χ0v) is 8.82. The summed E-state index contributed by atoms with van der Waals surface area (Å²) in [4.78, 5) is 2.82. The summed E-state index contributed by atoms with van der Waals surface area (Å²) in [7, 11) is 0.736. The van der Waals surface area contributed by atoms with Gasteiger partial charge in [-0.15, -0.1) is 0 Å². The van der Waals surface area contributed by atoms with Gasteiger partial charge in [-0.1, -0.05) is 0 Å². The highest BCUT2D eigenvalue weighted by Gasteiger charge is 2.59. The van der Waals surface area contributed by atoms with Crippen LogP contribution in [0, 0.1) is 0 Å². The largest absolute Gasteiger partial charge is 0.433 e. The van der Waals surface area contributed by atoms with Crippen LogP contribution in [0.1, 0.15) is 6.92 Å². The second kappa shape index (κ2) is 4.01. The number of aliphatic hydroxyl groups is 1. The van der Waals surface area contributed by atoms with E-state index in [-0.39, 0.29) is 0 Å². The Bertz CT molecular complexity index is 383. The molecule has 0 aromatic carbocycles. The van der Waals surface area contributed by atoms with Crippen LogP contribution < -0.4 is 0 Å². The van der Waals surface area contributed by atoms with Crippen molar-refractivity contribution in [3.05, 3.63) is 11.1 Å². The van der Waals surface area contributed by atoms with Gasteiger partial charge >= 0.3 is 12.1 Å². The Labute approximate surface area is 92.6 Å². The van der Waals surface area contributed by atoms with E-state index in [2.05, 4.69) is 4.99 Å². The fourth-order valence-electron chi connectivity index (χ4n) is 1.69. The highest BCUT2D eigenvalue weighted by atomic mass is 19.4. The maximum atomic E-state index is 13.1. The predicted octanol–water partition coefficient (Wildman–Crippen LogP) is 2.28. The van der Waals surface area contributed by atoms with Crippen molar-refractivity contribution in [1.82, 2.24) is 0 Å². The minimum absolute atomic E-state index is 0.736. The van der Waals surface area contributed by atoms with E-state index in [1.807, 2.05) is 0 Å². The van der Waals surface area contributed by atoms with Gasteiger partial charge in [-0.25, -0.2) is 4.39 Å². The molecule has 1 N–H and O–H groups in total. The molecule has 0 bridgehead atoms. The molecule has 1 rings (SSSR count). The molecule has 8 heteroatoms. The van der Waals surface area contributed by atoms with E-state index in [9.17, 15) is 26.3 Å². The maximum absolute atomic E-state index is 13.1. The molecule has 0 aliphatic heterocycles. The normalized spacial score (nSPS) is 30.1. The van der Waals surface area contributed by atoms with Gasteiger partial charge in [0.25, 0.3) is 0 Å². The molecule has 0 aromatic rings. The zero-order chi connectivity index (χ0) is 13.6. The molecule has 0 unspecified atom stereocenters. The average molecular weight is 261 g/mol. The van der Waals surface area contributed by atoms with Gasteiger partial charge in [0.2, 0.25) is 0 Å². The Kier molecular flexibility index (Phi) is 3.30. The lowest BCUT2D eigenvalue weighted by molar-refractivity contribution is -0.116. The Morgan fingerprint density at radius 3 is 2.06 bits per heavy atom. The van der Waals surface area contributed by atoms with E-state index in [1.54, 1.807) is 0 Å². The van der Waals surface area contributed by atoms with Gasteiger partial charge in [-0.05, 0) is 12.5 Å². The number of halogens is 6. The summed E-state index contributed by atoms with van der Waals surface area (Å²) < 4.78 is 76.5. The van der Waals surface area contributed by atoms with Gasteiger partial charge in [0.05, 0.1) is 0 Å². The molecule has 0 fully saturated rings. The van der Waals surface area contributed by atoms with Gasteiger partial charge in [0, 0.05) is 12.6 Å². The summed E-state index contributed by atoms with van der Waals surface area (Å²) in [5, 5.41) is 9.09. The summed E-state index contributed by atoms with van der Waals surface area (Å²) in [5.74, 6) is -4.26. The molecule has 0 spiro atoms. The van der Waals surface area contributed by atoms with Crippen molar-refractivity contribution in [3.8, 4) is 0 Å². The Morgan fingerprint density at radius 2 is 1.82 bits per heavy atom. The first kappa shape index (κ1) is 14.0. The van der Waals surface area contributed by atoms with Gasteiger partial charge in [0.15, 0.2) is 6.17 Å². The number of allylic oxidation sites excluding steroid dienone is 1. The Balaban J connectivity index is 3.32.